The molecule has 0 spiro atoms. The van der Waals surface area contributed by atoms with Crippen molar-refractivity contribution in [1.82, 2.24) is 0 Å². The summed E-state index contributed by atoms with van der Waals surface area (Å²) in [6, 6.07) is 11.9. The maximum atomic E-state index is 13.3. The third-order valence-corrected chi connectivity index (χ3v) is 3.88. The Morgan fingerprint density at radius 2 is 1.81 bits per heavy atom. The molecule has 0 bridgehead atoms. The Kier molecular flexibility index (Phi) is 3.10. The number of aliphatic hydroxyl groups is 1. The zero-order valence-corrected chi connectivity index (χ0v) is 12.3. The summed E-state index contributed by atoms with van der Waals surface area (Å²) in [7, 11) is 0. The second kappa shape index (κ2) is 4.71. The highest BCUT2D eigenvalue weighted by atomic mass is 19.1. The maximum absolute atomic E-state index is 13.3. The van der Waals surface area contributed by atoms with Crippen LogP contribution in [0.1, 0.15) is 29.4 Å². The average molecular weight is 284 g/mol. The summed E-state index contributed by atoms with van der Waals surface area (Å²) >= 11 is 0. The number of hydrogen-bond acceptors (Lipinski definition) is 2. The van der Waals surface area contributed by atoms with Crippen LogP contribution in [0.2, 0.25) is 0 Å². The van der Waals surface area contributed by atoms with Gasteiger partial charge in [-0.15, -0.1) is 0 Å². The molecular weight excluding hydrogens is 267 g/mol. The molecule has 1 aromatic heterocycles. The van der Waals surface area contributed by atoms with Gasteiger partial charge in [0.25, 0.3) is 0 Å². The lowest BCUT2D eigenvalue weighted by molar-refractivity contribution is 0.0779. The molecule has 1 heterocycles. The molecule has 2 aromatic carbocycles. The molecule has 2 nitrogen and oxygen atoms in total. The van der Waals surface area contributed by atoms with E-state index in [9.17, 15) is 9.50 Å². The van der Waals surface area contributed by atoms with Crippen LogP contribution in [0.5, 0.6) is 0 Å². The molecule has 0 saturated heterocycles. The molecule has 0 radical (unpaired) electrons. The van der Waals surface area contributed by atoms with E-state index in [-0.39, 0.29) is 5.82 Å². The number of benzene rings is 2. The van der Waals surface area contributed by atoms with Gasteiger partial charge >= 0.3 is 0 Å². The van der Waals surface area contributed by atoms with Crippen LogP contribution >= 0.6 is 0 Å². The molecular formula is C18H17FO2. The lowest BCUT2D eigenvalue weighted by atomic mass is 9.88. The second-order valence-corrected chi connectivity index (χ2v) is 5.68. The Hall–Kier alpha value is -2.13. The van der Waals surface area contributed by atoms with E-state index in [4.69, 9.17) is 4.42 Å². The van der Waals surface area contributed by atoms with Gasteiger partial charge in [-0.05, 0) is 56.2 Å². The van der Waals surface area contributed by atoms with Gasteiger partial charge in [-0.2, -0.15) is 0 Å². The van der Waals surface area contributed by atoms with Crippen LogP contribution in [0.4, 0.5) is 4.39 Å². The first-order valence-corrected chi connectivity index (χ1v) is 6.87. The van der Waals surface area contributed by atoms with Crippen LogP contribution in [0.25, 0.3) is 11.0 Å². The van der Waals surface area contributed by atoms with Crippen molar-refractivity contribution in [2.45, 2.75) is 26.4 Å². The molecule has 3 aromatic rings. The Morgan fingerprint density at radius 1 is 1.05 bits per heavy atom. The minimum atomic E-state index is -1.26. The highest BCUT2D eigenvalue weighted by Gasteiger charge is 2.31. The molecule has 0 aliphatic carbocycles. The fourth-order valence-electron chi connectivity index (χ4n) is 2.65. The third kappa shape index (κ3) is 2.34. The monoisotopic (exact) mass is 284 g/mol. The predicted octanol–water partition coefficient (Wildman–Crippen LogP) is 4.44. The van der Waals surface area contributed by atoms with Gasteiger partial charge in [-0.25, -0.2) is 4.39 Å². The molecule has 21 heavy (non-hydrogen) atoms. The van der Waals surface area contributed by atoms with E-state index in [2.05, 4.69) is 0 Å². The SMILES string of the molecule is Cc1ccc(C)c(C(C)(O)c2cc3cc(F)ccc3o2)c1. The summed E-state index contributed by atoms with van der Waals surface area (Å²) in [5, 5.41) is 11.6. The number of hydrogen-bond donors (Lipinski definition) is 1. The van der Waals surface area contributed by atoms with Crippen LogP contribution in [0.15, 0.2) is 46.9 Å². The van der Waals surface area contributed by atoms with Gasteiger partial charge in [-0.1, -0.05) is 23.8 Å². The number of rotatable bonds is 2. The summed E-state index contributed by atoms with van der Waals surface area (Å²) in [4.78, 5) is 0. The largest absolute Gasteiger partial charge is 0.458 e. The van der Waals surface area contributed by atoms with Crippen LogP contribution < -0.4 is 0 Å². The minimum Gasteiger partial charge on any atom is -0.458 e. The molecule has 3 rings (SSSR count). The van der Waals surface area contributed by atoms with Crippen molar-refractivity contribution in [3.05, 3.63) is 70.7 Å². The number of furan rings is 1. The quantitative estimate of drug-likeness (QED) is 0.754. The molecule has 108 valence electrons. The van der Waals surface area contributed by atoms with Crippen molar-refractivity contribution >= 4 is 11.0 Å². The zero-order chi connectivity index (χ0) is 15.2. The minimum absolute atomic E-state index is 0.318. The van der Waals surface area contributed by atoms with E-state index < -0.39 is 5.60 Å². The molecule has 1 N–H and O–H groups in total. The topological polar surface area (TPSA) is 33.4 Å². The van der Waals surface area contributed by atoms with Crippen LogP contribution in [-0.4, -0.2) is 5.11 Å². The number of fused-ring (bicyclic) bond motifs is 1. The zero-order valence-electron chi connectivity index (χ0n) is 12.3. The van der Waals surface area contributed by atoms with Crippen molar-refractivity contribution in [1.29, 1.82) is 0 Å². The molecule has 0 aliphatic rings. The Morgan fingerprint density at radius 3 is 2.57 bits per heavy atom. The fraction of sp³-hybridized carbons (Fsp3) is 0.222. The first kappa shape index (κ1) is 13.8. The van der Waals surface area contributed by atoms with Gasteiger partial charge in [0.1, 0.15) is 22.8 Å². The van der Waals surface area contributed by atoms with E-state index in [1.54, 1.807) is 19.1 Å². The van der Waals surface area contributed by atoms with E-state index in [1.807, 2.05) is 32.0 Å². The average Bonchev–Trinajstić information content (AvgIpc) is 2.85. The van der Waals surface area contributed by atoms with E-state index in [0.717, 1.165) is 16.7 Å². The summed E-state index contributed by atoms with van der Waals surface area (Å²) in [6.07, 6.45) is 0. The first-order chi connectivity index (χ1) is 9.88. The van der Waals surface area contributed by atoms with Gasteiger partial charge in [-0.3, -0.25) is 0 Å². The van der Waals surface area contributed by atoms with Gasteiger partial charge in [0.15, 0.2) is 0 Å². The molecule has 0 fully saturated rings. The summed E-state index contributed by atoms with van der Waals surface area (Å²) in [6.45, 7) is 5.63. The van der Waals surface area contributed by atoms with Gasteiger partial charge in [0.05, 0.1) is 0 Å². The van der Waals surface area contributed by atoms with Crippen molar-refractivity contribution in [3.8, 4) is 0 Å². The normalized spacial score (nSPS) is 14.3. The van der Waals surface area contributed by atoms with Crippen LogP contribution in [-0.2, 0) is 5.60 Å². The predicted molar refractivity (Wildman–Crippen MR) is 80.8 cm³/mol. The smallest absolute Gasteiger partial charge is 0.144 e. The van der Waals surface area contributed by atoms with Gasteiger partial charge < -0.3 is 9.52 Å². The molecule has 0 amide bonds. The highest BCUT2D eigenvalue weighted by molar-refractivity contribution is 5.78. The Labute approximate surface area is 122 Å². The molecule has 0 aliphatic heterocycles. The van der Waals surface area contributed by atoms with E-state index in [1.165, 1.54) is 12.1 Å². The number of halogens is 1. The van der Waals surface area contributed by atoms with Crippen molar-refractivity contribution in [3.63, 3.8) is 0 Å². The molecule has 0 saturated carbocycles. The van der Waals surface area contributed by atoms with Gasteiger partial charge in [0.2, 0.25) is 0 Å². The maximum Gasteiger partial charge on any atom is 0.144 e. The third-order valence-electron chi connectivity index (χ3n) is 3.88. The lowest BCUT2D eigenvalue weighted by Gasteiger charge is -2.23. The second-order valence-electron chi connectivity index (χ2n) is 5.68. The van der Waals surface area contributed by atoms with Crippen LogP contribution in [0.3, 0.4) is 0 Å². The summed E-state index contributed by atoms with van der Waals surface area (Å²) < 4.78 is 19.0. The number of aryl methyl sites for hydroxylation is 2. The first-order valence-electron chi connectivity index (χ1n) is 6.87. The van der Waals surface area contributed by atoms with E-state index >= 15 is 0 Å². The van der Waals surface area contributed by atoms with Crippen molar-refractivity contribution < 1.29 is 13.9 Å². The standard InChI is InChI=1S/C18H17FO2/c1-11-4-5-12(2)15(8-11)18(3,20)17-10-13-9-14(19)6-7-16(13)21-17/h4-10,20H,1-3H3. The van der Waals surface area contributed by atoms with Crippen molar-refractivity contribution in [2.75, 3.05) is 0 Å². The van der Waals surface area contributed by atoms with Gasteiger partial charge in [0, 0.05) is 5.39 Å². The summed E-state index contributed by atoms with van der Waals surface area (Å²) in [5.74, 6) is 0.0954. The lowest BCUT2D eigenvalue weighted by Crippen LogP contribution is -2.23. The highest BCUT2D eigenvalue weighted by Crippen LogP contribution is 2.35. The molecule has 1 atom stereocenters. The van der Waals surface area contributed by atoms with Crippen molar-refractivity contribution in [2.24, 2.45) is 0 Å². The Balaban J connectivity index is 2.17. The summed E-state index contributed by atoms with van der Waals surface area (Å²) in [5.41, 5.74) is 2.15. The molecule has 1 unspecified atom stereocenters. The van der Waals surface area contributed by atoms with E-state index in [0.29, 0.717) is 16.7 Å². The fourth-order valence-corrected chi connectivity index (χ4v) is 2.65. The Bertz CT molecular complexity index is 815. The van der Waals surface area contributed by atoms with Crippen LogP contribution in [0, 0.1) is 19.7 Å². The molecule has 3 heteroatoms.